The number of pyridine rings is 1. The van der Waals surface area contributed by atoms with Gasteiger partial charge in [-0.2, -0.15) is 0 Å². The Bertz CT molecular complexity index is 3860. The average Bonchev–Trinajstić information content (AvgIpc) is 3.87. The molecule has 8 aromatic carbocycles. The summed E-state index contributed by atoms with van der Waals surface area (Å²) in [6.45, 7) is 20.3. The molecule has 11 aromatic rings. The number of phenolic OH excluding ortho intramolecular Hbond substituents is 1. The molecule has 0 unspecified atom stereocenters. The van der Waals surface area contributed by atoms with E-state index < -0.39 is 0 Å². The number of nitrogens with zero attached hydrogens (tertiary/aromatic N) is 4. The van der Waals surface area contributed by atoms with Crippen molar-refractivity contribution in [2.45, 2.75) is 78.6 Å². The van der Waals surface area contributed by atoms with Crippen molar-refractivity contribution in [2.24, 2.45) is 7.05 Å². The molecule has 11 rings (SSSR count). The Morgan fingerprint density at radius 1 is 0.521 bits per heavy atom. The fourth-order valence-electron chi connectivity index (χ4n) is 10.4. The van der Waals surface area contributed by atoms with Gasteiger partial charge in [0, 0.05) is 62.0 Å². The van der Waals surface area contributed by atoms with E-state index in [1.165, 1.54) is 43.8 Å². The molecule has 0 saturated heterocycles. The topological polar surface area (TPSA) is 55.9 Å². The van der Waals surface area contributed by atoms with Crippen molar-refractivity contribution in [2.75, 3.05) is 0 Å². The van der Waals surface area contributed by atoms with E-state index in [0.717, 1.165) is 66.9 Å². The van der Waals surface area contributed by atoms with Gasteiger partial charge in [-0.15, -0.1) is 29.3 Å². The molecule has 0 spiro atoms. The summed E-state index contributed by atoms with van der Waals surface area (Å²) in [7, 11) is 2.03. The molecule has 0 radical (unpaired) electrons. The second kappa shape index (κ2) is 17.7. The number of fused-ring (bicyclic) bond motifs is 5. The van der Waals surface area contributed by atoms with Crippen LogP contribution in [0.25, 0.3) is 105 Å². The summed E-state index contributed by atoms with van der Waals surface area (Å²) in [4.78, 5) is 10.4. The molecule has 71 heavy (non-hydrogen) atoms. The van der Waals surface area contributed by atoms with E-state index in [-0.39, 0.29) is 43.1 Å². The van der Waals surface area contributed by atoms with E-state index in [9.17, 15) is 5.11 Å². The van der Waals surface area contributed by atoms with Gasteiger partial charge < -0.3 is 14.2 Å². The van der Waals surface area contributed by atoms with Crippen molar-refractivity contribution in [1.29, 1.82) is 0 Å². The number of benzene rings is 8. The molecule has 0 bridgehead atoms. The summed E-state index contributed by atoms with van der Waals surface area (Å²) in [6.07, 6.45) is 1.92. The summed E-state index contributed by atoms with van der Waals surface area (Å²) in [5.74, 6) is 0.883. The molecule has 5 nitrogen and oxygen atoms in total. The number of hydrogen-bond acceptors (Lipinski definition) is 3. The van der Waals surface area contributed by atoms with Crippen molar-refractivity contribution < 1.29 is 26.2 Å². The van der Waals surface area contributed by atoms with E-state index in [1.54, 1.807) is 0 Å². The first-order valence-corrected chi connectivity index (χ1v) is 24.4. The number of aryl methyl sites for hydroxylation is 1. The third-order valence-electron chi connectivity index (χ3n) is 14.2. The summed E-state index contributed by atoms with van der Waals surface area (Å²) < 4.78 is 4.48. The first-order chi connectivity index (χ1) is 33.4. The predicted molar refractivity (Wildman–Crippen MR) is 294 cm³/mol. The number of para-hydroxylation sites is 4. The second-order valence-corrected chi connectivity index (χ2v) is 22.1. The Labute approximate surface area is 432 Å². The van der Waals surface area contributed by atoms with E-state index in [0.29, 0.717) is 11.4 Å². The molecule has 0 aliphatic heterocycles. The van der Waals surface area contributed by atoms with Crippen molar-refractivity contribution in [3.63, 3.8) is 0 Å². The number of imidazole rings is 1. The van der Waals surface area contributed by atoms with Gasteiger partial charge in [-0.25, -0.2) is 4.98 Å². The zero-order chi connectivity index (χ0) is 48.9. The minimum absolute atomic E-state index is 0. The molecule has 1 N–H and O–H groups in total. The maximum absolute atomic E-state index is 12.1. The molecule has 0 amide bonds. The van der Waals surface area contributed by atoms with Crippen LogP contribution in [0.4, 0.5) is 0 Å². The maximum atomic E-state index is 12.1. The summed E-state index contributed by atoms with van der Waals surface area (Å²) in [5, 5.41) is 16.9. The molecule has 0 aliphatic rings. The minimum atomic E-state index is -0.166. The van der Waals surface area contributed by atoms with Crippen molar-refractivity contribution >= 4 is 43.6 Å². The molecular weight excluding hydrogens is 1050 g/mol. The first kappa shape index (κ1) is 47.6. The van der Waals surface area contributed by atoms with Gasteiger partial charge in [0.15, 0.2) is 0 Å². The number of aromatic hydroxyl groups is 1. The molecule has 3 heterocycles. The van der Waals surface area contributed by atoms with Crippen LogP contribution in [0.2, 0.25) is 0 Å². The van der Waals surface area contributed by atoms with Crippen LogP contribution in [0, 0.1) is 6.07 Å². The smallest absolute Gasteiger partial charge is 0.143 e. The largest absolute Gasteiger partial charge is 0.507 e. The van der Waals surface area contributed by atoms with Crippen LogP contribution in [0.5, 0.6) is 5.75 Å². The molecule has 0 aliphatic carbocycles. The zero-order valence-electron chi connectivity index (χ0n) is 42.2. The van der Waals surface area contributed by atoms with Crippen molar-refractivity contribution in [1.82, 2.24) is 19.1 Å². The molecular formula is C65H59N4OPt-. The van der Waals surface area contributed by atoms with Gasteiger partial charge in [-0.05, 0) is 97.3 Å². The zero-order valence-corrected chi connectivity index (χ0v) is 44.5. The van der Waals surface area contributed by atoms with Gasteiger partial charge >= 0.3 is 0 Å². The SMILES string of the molecule is Cn1c(-c2ccc(-c3c(C(C)(C)C)ccc4cc(C(C)(C)C)ccc34)cc2O)nc2c(-c3[c-]c(-c4cc(-c5cccc6c7ccccc7n(-c7ccccc7)c56)ccn4)cc(C(C)(C)C)c3)cccc21.[Pt]. The fraction of sp³-hybridized carbons (Fsp3) is 0.200. The Morgan fingerprint density at radius 2 is 1.21 bits per heavy atom. The molecule has 0 fully saturated rings. The van der Waals surface area contributed by atoms with Crippen molar-refractivity contribution in [3.8, 4) is 67.5 Å². The maximum Gasteiger partial charge on any atom is 0.143 e. The van der Waals surface area contributed by atoms with Crippen LogP contribution in [-0.2, 0) is 44.4 Å². The Morgan fingerprint density at radius 3 is 1.96 bits per heavy atom. The third-order valence-corrected chi connectivity index (χ3v) is 14.2. The van der Waals surface area contributed by atoms with Gasteiger partial charge in [0.25, 0.3) is 0 Å². The Kier molecular flexibility index (Phi) is 11.8. The van der Waals surface area contributed by atoms with Gasteiger partial charge in [-0.1, -0.05) is 183 Å². The third kappa shape index (κ3) is 8.38. The van der Waals surface area contributed by atoms with Crippen LogP contribution in [-0.4, -0.2) is 24.2 Å². The number of hydrogen-bond donors (Lipinski definition) is 1. The fourth-order valence-corrected chi connectivity index (χ4v) is 10.4. The minimum Gasteiger partial charge on any atom is -0.507 e. The predicted octanol–water partition coefficient (Wildman–Crippen LogP) is 16.9. The Hall–Kier alpha value is -7.07. The number of phenols is 1. The van der Waals surface area contributed by atoms with Crippen LogP contribution >= 0.6 is 0 Å². The van der Waals surface area contributed by atoms with Gasteiger partial charge in [-0.3, -0.25) is 4.98 Å². The molecule has 6 heteroatoms. The van der Waals surface area contributed by atoms with E-state index in [1.807, 2.05) is 25.4 Å². The second-order valence-electron chi connectivity index (χ2n) is 22.1. The van der Waals surface area contributed by atoms with Gasteiger partial charge in [0.2, 0.25) is 0 Å². The molecule has 3 aromatic heterocycles. The van der Waals surface area contributed by atoms with Crippen LogP contribution in [0.3, 0.4) is 0 Å². The van der Waals surface area contributed by atoms with Crippen LogP contribution < -0.4 is 0 Å². The van der Waals surface area contributed by atoms with E-state index in [4.69, 9.17) is 9.97 Å². The monoisotopic (exact) mass is 1110 g/mol. The normalized spacial score (nSPS) is 12.3. The quantitative estimate of drug-likeness (QED) is 0.169. The first-order valence-electron chi connectivity index (χ1n) is 24.4. The molecule has 0 saturated carbocycles. The van der Waals surface area contributed by atoms with Crippen LogP contribution in [0.15, 0.2) is 170 Å². The van der Waals surface area contributed by atoms with Gasteiger partial charge in [0.1, 0.15) is 11.6 Å². The van der Waals surface area contributed by atoms with Crippen LogP contribution in [0.1, 0.15) is 79.0 Å². The summed E-state index contributed by atoms with van der Waals surface area (Å²) >= 11 is 0. The Balaban J connectivity index is 0.00000582. The summed E-state index contributed by atoms with van der Waals surface area (Å²) in [6, 6.07) is 62.3. The van der Waals surface area contributed by atoms with Crippen molar-refractivity contribution in [3.05, 3.63) is 193 Å². The van der Waals surface area contributed by atoms with E-state index in [2.05, 4.69) is 229 Å². The number of aromatic nitrogens is 4. The summed E-state index contributed by atoms with van der Waals surface area (Å²) in [5.41, 5.74) is 17.4. The number of rotatable bonds is 6. The van der Waals surface area contributed by atoms with Gasteiger partial charge in [0.05, 0.1) is 27.6 Å². The standard InChI is InChI=1S/C65H59N4O.Pt/c1-63(2,3)45-28-30-48-40(35-45)27-31-54(65(7,8)9)59(48)42-26-29-53(58(70)39-42)62-67-60-49(21-17-25-57(60)68(62)10)43-34-44(37-46(36-43)64(4,5)6)55-38-41(32-33-66-55)50-22-16-23-52-51-20-14-15-24-56(51)69(61(50)52)47-18-12-11-13-19-47;/h11-33,35-39,70H,1-10H3;/q-1;. The van der Waals surface area contributed by atoms with E-state index >= 15 is 0 Å². The molecule has 356 valence electrons. The average molecular weight is 1110 g/mol. The molecule has 0 atom stereocenters.